The van der Waals surface area contributed by atoms with Crippen LogP contribution in [0.2, 0.25) is 0 Å². The van der Waals surface area contributed by atoms with E-state index < -0.39 is 0 Å². The Kier molecular flexibility index (Phi) is 3.91. The Morgan fingerprint density at radius 1 is 1.12 bits per heavy atom. The summed E-state index contributed by atoms with van der Waals surface area (Å²) >= 11 is 0. The van der Waals surface area contributed by atoms with Gasteiger partial charge in [-0.15, -0.1) is 0 Å². The second kappa shape index (κ2) is 5.05. The number of piperidine rings is 1. The van der Waals surface area contributed by atoms with Crippen LogP contribution in [0.4, 0.5) is 0 Å². The highest BCUT2D eigenvalue weighted by molar-refractivity contribution is 4.93. The maximum Gasteiger partial charge on any atom is 0.0136 e. The maximum absolute atomic E-state index is 5.81. The minimum absolute atomic E-state index is 0.665. The summed E-state index contributed by atoms with van der Waals surface area (Å²) in [5, 5.41) is 0. The number of likely N-dealkylation sites (tertiary alicyclic amines) is 1. The Balaban J connectivity index is 1.85. The molecule has 2 heteroatoms. The predicted octanol–water partition coefficient (Wildman–Crippen LogP) is 2.63. The lowest BCUT2D eigenvalue weighted by Crippen LogP contribution is -2.53. The Morgan fingerprint density at radius 2 is 1.75 bits per heavy atom. The number of nitrogens with two attached hydrogens (primary N) is 1. The molecule has 2 atom stereocenters. The van der Waals surface area contributed by atoms with Gasteiger partial charge in [-0.1, -0.05) is 26.7 Å². The molecule has 1 saturated carbocycles. The molecule has 1 saturated heterocycles. The van der Waals surface area contributed by atoms with Crippen LogP contribution in [-0.2, 0) is 0 Å². The second-order valence-corrected chi connectivity index (χ2v) is 5.88. The van der Waals surface area contributed by atoms with Crippen LogP contribution >= 0.6 is 0 Å². The summed E-state index contributed by atoms with van der Waals surface area (Å²) < 4.78 is 0. The molecule has 2 fully saturated rings. The van der Waals surface area contributed by atoms with E-state index >= 15 is 0 Å². The molecule has 2 N–H and O–H groups in total. The average molecular weight is 224 g/mol. The lowest BCUT2D eigenvalue weighted by molar-refractivity contribution is 0.00767. The van der Waals surface area contributed by atoms with Crippen LogP contribution in [-0.4, -0.2) is 30.6 Å². The molecule has 1 aliphatic carbocycles. The number of hydrogen-bond donors (Lipinski definition) is 1. The van der Waals surface area contributed by atoms with Crippen molar-refractivity contribution in [2.45, 2.75) is 58.4 Å². The monoisotopic (exact) mass is 224 g/mol. The van der Waals surface area contributed by atoms with E-state index in [1.54, 1.807) is 0 Å². The zero-order valence-corrected chi connectivity index (χ0v) is 11.0. The van der Waals surface area contributed by atoms with E-state index in [2.05, 4.69) is 18.7 Å². The van der Waals surface area contributed by atoms with E-state index in [0.29, 0.717) is 5.41 Å². The molecule has 0 aromatic rings. The summed E-state index contributed by atoms with van der Waals surface area (Å²) in [4.78, 5) is 2.73. The summed E-state index contributed by atoms with van der Waals surface area (Å²) in [6.45, 7) is 8.27. The first-order chi connectivity index (χ1) is 7.74. The van der Waals surface area contributed by atoms with Gasteiger partial charge in [-0.05, 0) is 56.7 Å². The fourth-order valence-corrected chi connectivity index (χ4v) is 3.59. The maximum atomic E-state index is 5.81. The smallest absolute Gasteiger partial charge is 0.0136 e. The molecular formula is C14H28N2. The topological polar surface area (TPSA) is 29.3 Å². The molecule has 0 bridgehead atoms. The van der Waals surface area contributed by atoms with Gasteiger partial charge in [0.05, 0.1) is 0 Å². The van der Waals surface area contributed by atoms with E-state index in [9.17, 15) is 0 Å². The van der Waals surface area contributed by atoms with Crippen LogP contribution in [0.25, 0.3) is 0 Å². The van der Waals surface area contributed by atoms with Crippen molar-refractivity contribution in [1.82, 2.24) is 4.90 Å². The van der Waals surface area contributed by atoms with E-state index in [1.807, 2.05) is 0 Å². The molecule has 0 aromatic carbocycles. The largest absolute Gasteiger partial charge is 0.330 e. The average Bonchev–Trinajstić information content (AvgIpc) is 2.30. The standard InChI is InChI=1S/C14H28N2/c1-3-14(4-2)7-9-16(10-8-14)13-6-5-12(13)11-15/h12-13H,3-11,15H2,1-2H3. The highest BCUT2D eigenvalue weighted by atomic mass is 15.2. The Morgan fingerprint density at radius 3 is 2.12 bits per heavy atom. The first-order valence-corrected chi connectivity index (χ1v) is 7.19. The molecule has 2 aliphatic rings. The van der Waals surface area contributed by atoms with Crippen molar-refractivity contribution in [2.75, 3.05) is 19.6 Å². The highest BCUT2D eigenvalue weighted by Gasteiger charge is 2.39. The SMILES string of the molecule is CCC1(CC)CCN(C2CCC2CN)CC1. The third kappa shape index (κ3) is 2.14. The van der Waals surface area contributed by atoms with Crippen molar-refractivity contribution in [2.24, 2.45) is 17.1 Å². The highest BCUT2D eigenvalue weighted by Crippen LogP contribution is 2.41. The van der Waals surface area contributed by atoms with Gasteiger partial charge in [0.2, 0.25) is 0 Å². The van der Waals surface area contributed by atoms with E-state index in [1.165, 1.54) is 51.6 Å². The van der Waals surface area contributed by atoms with E-state index in [-0.39, 0.29) is 0 Å². The van der Waals surface area contributed by atoms with Gasteiger partial charge in [-0.25, -0.2) is 0 Å². The van der Waals surface area contributed by atoms with Crippen LogP contribution < -0.4 is 5.73 Å². The quantitative estimate of drug-likeness (QED) is 0.795. The van der Waals surface area contributed by atoms with Crippen molar-refractivity contribution in [3.63, 3.8) is 0 Å². The van der Waals surface area contributed by atoms with Gasteiger partial charge in [-0.2, -0.15) is 0 Å². The van der Waals surface area contributed by atoms with Gasteiger partial charge in [0.1, 0.15) is 0 Å². The summed E-state index contributed by atoms with van der Waals surface area (Å²) in [7, 11) is 0. The summed E-state index contributed by atoms with van der Waals surface area (Å²) in [6.07, 6.45) is 8.31. The molecule has 16 heavy (non-hydrogen) atoms. The second-order valence-electron chi connectivity index (χ2n) is 5.88. The van der Waals surface area contributed by atoms with Crippen LogP contribution in [0.1, 0.15) is 52.4 Å². The molecule has 1 aliphatic heterocycles. The van der Waals surface area contributed by atoms with Crippen molar-refractivity contribution in [3.05, 3.63) is 0 Å². The normalized spacial score (nSPS) is 34.7. The molecule has 2 unspecified atom stereocenters. The van der Waals surface area contributed by atoms with Gasteiger partial charge in [0, 0.05) is 6.04 Å². The molecule has 0 spiro atoms. The van der Waals surface area contributed by atoms with Gasteiger partial charge in [-0.3, -0.25) is 0 Å². The molecular weight excluding hydrogens is 196 g/mol. The minimum Gasteiger partial charge on any atom is -0.330 e. The first kappa shape index (κ1) is 12.4. The molecule has 94 valence electrons. The molecule has 0 aromatic heterocycles. The van der Waals surface area contributed by atoms with E-state index in [0.717, 1.165) is 18.5 Å². The molecule has 0 amide bonds. The van der Waals surface area contributed by atoms with Crippen LogP contribution in [0.15, 0.2) is 0 Å². The third-order valence-corrected chi connectivity index (χ3v) is 5.51. The van der Waals surface area contributed by atoms with Gasteiger partial charge in [0.25, 0.3) is 0 Å². The van der Waals surface area contributed by atoms with Gasteiger partial charge in [0.15, 0.2) is 0 Å². The van der Waals surface area contributed by atoms with E-state index in [4.69, 9.17) is 5.73 Å². The summed E-state index contributed by atoms with van der Waals surface area (Å²) in [6, 6.07) is 0.830. The lowest BCUT2D eigenvalue weighted by Gasteiger charge is -2.49. The molecule has 0 radical (unpaired) electrons. The Labute approximate surface area is 101 Å². The Bertz CT molecular complexity index is 211. The first-order valence-electron chi connectivity index (χ1n) is 7.19. The van der Waals surface area contributed by atoms with Crippen molar-refractivity contribution >= 4 is 0 Å². The summed E-state index contributed by atoms with van der Waals surface area (Å²) in [5.41, 5.74) is 6.47. The van der Waals surface area contributed by atoms with Gasteiger partial charge < -0.3 is 10.6 Å². The molecule has 1 heterocycles. The minimum atomic E-state index is 0.665. The fraction of sp³-hybridized carbons (Fsp3) is 1.00. The number of rotatable bonds is 4. The van der Waals surface area contributed by atoms with Crippen molar-refractivity contribution in [3.8, 4) is 0 Å². The number of nitrogens with zero attached hydrogens (tertiary/aromatic N) is 1. The zero-order valence-electron chi connectivity index (χ0n) is 11.0. The lowest BCUT2D eigenvalue weighted by atomic mass is 9.71. The zero-order chi connectivity index (χ0) is 11.6. The van der Waals surface area contributed by atoms with Crippen molar-refractivity contribution in [1.29, 1.82) is 0 Å². The van der Waals surface area contributed by atoms with Gasteiger partial charge >= 0.3 is 0 Å². The summed E-state index contributed by atoms with van der Waals surface area (Å²) in [5.74, 6) is 0.802. The Hall–Kier alpha value is -0.0800. The molecule has 2 rings (SSSR count). The van der Waals surface area contributed by atoms with Crippen LogP contribution in [0, 0.1) is 11.3 Å². The number of hydrogen-bond acceptors (Lipinski definition) is 2. The molecule has 2 nitrogen and oxygen atoms in total. The third-order valence-electron chi connectivity index (χ3n) is 5.51. The fourth-order valence-electron chi connectivity index (χ4n) is 3.59. The van der Waals surface area contributed by atoms with Crippen LogP contribution in [0.3, 0.4) is 0 Å². The predicted molar refractivity (Wildman–Crippen MR) is 69.4 cm³/mol. The van der Waals surface area contributed by atoms with Crippen molar-refractivity contribution < 1.29 is 0 Å². The van der Waals surface area contributed by atoms with Crippen LogP contribution in [0.5, 0.6) is 0 Å².